The second-order valence-electron chi connectivity index (χ2n) is 5.43. The molecule has 2 aromatic rings. The molecule has 0 atom stereocenters. The van der Waals surface area contributed by atoms with Crippen molar-refractivity contribution in [1.82, 2.24) is 19.4 Å². The Labute approximate surface area is 138 Å². The number of amides is 1. The van der Waals surface area contributed by atoms with Crippen LogP contribution in [0, 0.1) is 10.1 Å². The maximum absolute atomic E-state index is 12.6. The molecule has 9 nitrogen and oxygen atoms in total. The van der Waals surface area contributed by atoms with E-state index < -0.39 is 4.92 Å². The van der Waals surface area contributed by atoms with Crippen LogP contribution < -0.4 is 4.90 Å². The first-order chi connectivity index (χ1) is 11.6. The highest BCUT2D eigenvalue weighted by Gasteiger charge is 2.30. The number of hydrogen-bond donors (Lipinski definition) is 0. The zero-order chi connectivity index (χ0) is 17.1. The van der Waals surface area contributed by atoms with Gasteiger partial charge < -0.3 is 19.9 Å². The lowest BCUT2D eigenvalue weighted by Gasteiger charge is -2.34. The maximum Gasteiger partial charge on any atom is 0.382 e. The van der Waals surface area contributed by atoms with Crippen LogP contribution in [0.25, 0.3) is 0 Å². The van der Waals surface area contributed by atoms with Gasteiger partial charge >= 0.3 is 17.5 Å². The number of aryl methyl sites for hydroxylation is 1. The van der Waals surface area contributed by atoms with Crippen molar-refractivity contribution >= 4 is 17.5 Å². The molecular weight excluding hydrogens is 312 g/mol. The van der Waals surface area contributed by atoms with Crippen LogP contribution in [0.15, 0.2) is 30.6 Å². The van der Waals surface area contributed by atoms with Gasteiger partial charge in [-0.2, -0.15) is 0 Å². The molecule has 0 unspecified atom stereocenters. The van der Waals surface area contributed by atoms with E-state index in [-0.39, 0.29) is 17.5 Å². The highest BCUT2D eigenvalue weighted by Crippen LogP contribution is 2.16. The average Bonchev–Trinajstić information content (AvgIpc) is 3.07. The number of piperazine rings is 1. The van der Waals surface area contributed by atoms with Gasteiger partial charge in [-0.25, -0.2) is 4.98 Å². The lowest BCUT2D eigenvalue weighted by atomic mass is 10.3. The van der Waals surface area contributed by atoms with Gasteiger partial charge in [0.2, 0.25) is 0 Å². The van der Waals surface area contributed by atoms with Crippen LogP contribution in [-0.2, 0) is 6.54 Å². The summed E-state index contributed by atoms with van der Waals surface area (Å²) in [7, 11) is 0. The molecule has 1 aliphatic rings. The SMILES string of the molecule is CCn1cc([N+](=O)[O-])nc1C(=O)N1CCN(c2ccccn2)CC1. The molecule has 2 aromatic heterocycles. The lowest BCUT2D eigenvalue weighted by Crippen LogP contribution is -2.49. The van der Waals surface area contributed by atoms with Crippen molar-refractivity contribution in [3.8, 4) is 0 Å². The summed E-state index contributed by atoms with van der Waals surface area (Å²) in [5, 5.41) is 10.9. The van der Waals surface area contributed by atoms with Crippen LogP contribution in [0.4, 0.5) is 11.6 Å². The van der Waals surface area contributed by atoms with Gasteiger partial charge in [0.15, 0.2) is 0 Å². The van der Waals surface area contributed by atoms with E-state index in [2.05, 4.69) is 14.9 Å². The molecule has 1 saturated heterocycles. The fourth-order valence-electron chi connectivity index (χ4n) is 2.72. The zero-order valence-electron chi connectivity index (χ0n) is 13.3. The van der Waals surface area contributed by atoms with Crippen LogP contribution in [0.1, 0.15) is 17.5 Å². The molecule has 3 rings (SSSR count). The molecule has 24 heavy (non-hydrogen) atoms. The van der Waals surface area contributed by atoms with E-state index in [0.717, 1.165) is 5.82 Å². The summed E-state index contributed by atoms with van der Waals surface area (Å²) in [5.41, 5.74) is 0. The summed E-state index contributed by atoms with van der Waals surface area (Å²) in [6.07, 6.45) is 3.04. The van der Waals surface area contributed by atoms with Crippen LogP contribution in [-0.4, -0.2) is 56.4 Å². The third kappa shape index (κ3) is 3.05. The number of nitrogens with zero attached hydrogens (tertiary/aromatic N) is 6. The van der Waals surface area contributed by atoms with Gasteiger partial charge in [-0.05, 0) is 29.0 Å². The number of carbonyl (C=O) groups excluding carboxylic acids is 1. The number of pyridine rings is 1. The lowest BCUT2D eigenvalue weighted by molar-refractivity contribution is -0.389. The number of carbonyl (C=O) groups is 1. The van der Waals surface area contributed by atoms with Gasteiger partial charge in [-0.3, -0.25) is 9.36 Å². The number of hydrogen-bond acceptors (Lipinski definition) is 6. The Morgan fingerprint density at radius 2 is 2.04 bits per heavy atom. The second kappa shape index (κ2) is 6.65. The summed E-state index contributed by atoms with van der Waals surface area (Å²) in [4.78, 5) is 34.9. The average molecular weight is 330 g/mol. The molecule has 9 heteroatoms. The van der Waals surface area contributed by atoms with Gasteiger partial charge in [0.1, 0.15) is 12.0 Å². The molecule has 0 aromatic carbocycles. The van der Waals surface area contributed by atoms with Gasteiger partial charge in [0.25, 0.3) is 0 Å². The van der Waals surface area contributed by atoms with Crippen molar-refractivity contribution in [3.05, 3.63) is 46.5 Å². The summed E-state index contributed by atoms with van der Waals surface area (Å²) >= 11 is 0. The van der Waals surface area contributed by atoms with Crippen molar-refractivity contribution in [1.29, 1.82) is 0 Å². The minimum absolute atomic E-state index is 0.121. The van der Waals surface area contributed by atoms with Crippen LogP contribution in [0.5, 0.6) is 0 Å². The Morgan fingerprint density at radius 3 is 2.62 bits per heavy atom. The van der Waals surface area contributed by atoms with Crippen molar-refractivity contribution in [2.75, 3.05) is 31.1 Å². The highest BCUT2D eigenvalue weighted by atomic mass is 16.6. The van der Waals surface area contributed by atoms with Gasteiger partial charge in [-0.15, -0.1) is 0 Å². The highest BCUT2D eigenvalue weighted by molar-refractivity contribution is 5.91. The zero-order valence-corrected chi connectivity index (χ0v) is 13.3. The molecule has 1 aliphatic heterocycles. The minimum Gasteiger partial charge on any atom is -0.358 e. The minimum atomic E-state index is -0.581. The van der Waals surface area contributed by atoms with Crippen molar-refractivity contribution in [2.45, 2.75) is 13.5 Å². The molecule has 3 heterocycles. The van der Waals surface area contributed by atoms with E-state index in [1.807, 2.05) is 25.1 Å². The normalized spacial score (nSPS) is 14.7. The summed E-state index contributed by atoms with van der Waals surface area (Å²) in [6, 6.07) is 5.72. The van der Waals surface area contributed by atoms with Crippen LogP contribution in [0.3, 0.4) is 0 Å². The van der Waals surface area contributed by atoms with Crippen LogP contribution >= 0.6 is 0 Å². The van der Waals surface area contributed by atoms with Crippen molar-refractivity contribution in [2.24, 2.45) is 0 Å². The molecule has 0 aliphatic carbocycles. The standard InChI is InChI=1S/C15H18N6O3/c1-2-18-11-13(21(23)24)17-14(18)15(22)20-9-7-19(8-10-20)12-5-3-4-6-16-12/h3-6,11H,2,7-10H2,1H3. The number of aromatic nitrogens is 3. The fourth-order valence-corrected chi connectivity index (χ4v) is 2.72. The molecule has 1 amide bonds. The summed E-state index contributed by atoms with van der Waals surface area (Å²) in [6.45, 7) is 4.66. The van der Waals surface area contributed by atoms with Crippen molar-refractivity contribution in [3.63, 3.8) is 0 Å². The first-order valence-electron chi connectivity index (χ1n) is 7.77. The number of anilines is 1. The summed E-state index contributed by atoms with van der Waals surface area (Å²) < 4.78 is 1.52. The second-order valence-corrected chi connectivity index (χ2v) is 5.43. The third-order valence-corrected chi connectivity index (χ3v) is 4.02. The molecule has 0 radical (unpaired) electrons. The first kappa shape index (κ1) is 15.9. The number of nitro groups is 1. The molecule has 0 bridgehead atoms. The monoisotopic (exact) mass is 330 g/mol. The molecule has 0 saturated carbocycles. The predicted octanol–water partition coefficient (Wildman–Crippen LogP) is 1.17. The Morgan fingerprint density at radius 1 is 1.29 bits per heavy atom. The fraction of sp³-hybridized carbons (Fsp3) is 0.400. The Bertz CT molecular complexity index is 737. The quantitative estimate of drug-likeness (QED) is 0.616. The Balaban J connectivity index is 1.70. The first-order valence-corrected chi connectivity index (χ1v) is 7.77. The van der Waals surface area contributed by atoms with E-state index in [0.29, 0.717) is 32.7 Å². The third-order valence-electron chi connectivity index (χ3n) is 4.02. The molecule has 126 valence electrons. The maximum atomic E-state index is 12.6. The van der Waals surface area contributed by atoms with Gasteiger partial charge in [0, 0.05) is 38.9 Å². The van der Waals surface area contributed by atoms with Crippen LogP contribution in [0.2, 0.25) is 0 Å². The number of rotatable bonds is 4. The van der Waals surface area contributed by atoms with E-state index in [1.165, 1.54) is 10.8 Å². The van der Waals surface area contributed by atoms with E-state index in [9.17, 15) is 14.9 Å². The molecule has 1 fully saturated rings. The van der Waals surface area contributed by atoms with Gasteiger partial charge in [-0.1, -0.05) is 6.07 Å². The van der Waals surface area contributed by atoms with E-state index >= 15 is 0 Å². The largest absolute Gasteiger partial charge is 0.382 e. The summed E-state index contributed by atoms with van der Waals surface area (Å²) in [5.74, 6) is 0.434. The Kier molecular flexibility index (Phi) is 4.41. The predicted molar refractivity (Wildman–Crippen MR) is 86.9 cm³/mol. The number of imidazole rings is 1. The van der Waals surface area contributed by atoms with E-state index in [1.54, 1.807) is 11.1 Å². The van der Waals surface area contributed by atoms with Crippen molar-refractivity contribution < 1.29 is 9.72 Å². The molecule has 0 spiro atoms. The Hall–Kier alpha value is -2.97. The van der Waals surface area contributed by atoms with E-state index in [4.69, 9.17) is 0 Å². The molecule has 0 N–H and O–H groups in total. The molecular formula is C15H18N6O3. The topological polar surface area (TPSA) is 97.4 Å². The van der Waals surface area contributed by atoms with Gasteiger partial charge in [0.05, 0.1) is 0 Å². The smallest absolute Gasteiger partial charge is 0.358 e.